The first-order valence-electron chi connectivity index (χ1n) is 8.03. The fourth-order valence-electron chi connectivity index (χ4n) is 4.49. The molecule has 3 heterocycles. The van der Waals surface area contributed by atoms with Crippen molar-refractivity contribution in [2.45, 2.75) is 56.2 Å². The zero-order valence-corrected chi connectivity index (χ0v) is 12.3. The smallest absolute Gasteiger partial charge is 0.0702 e. The Bertz CT molecular complexity index is 306. The second kappa shape index (κ2) is 5.68. The van der Waals surface area contributed by atoms with E-state index in [9.17, 15) is 0 Å². The van der Waals surface area contributed by atoms with Crippen molar-refractivity contribution in [1.29, 1.82) is 0 Å². The van der Waals surface area contributed by atoms with Crippen LogP contribution in [0.4, 0.5) is 0 Å². The highest BCUT2D eigenvalue weighted by molar-refractivity contribution is 5.08. The van der Waals surface area contributed by atoms with Crippen LogP contribution in [0.15, 0.2) is 0 Å². The molecule has 3 saturated heterocycles. The van der Waals surface area contributed by atoms with Crippen molar-refractivity contribution in [3.63, 3.8) is 0 Å². The van der Waals surface area contributed by atoms with Gasteiger partial charge in [0.1, 0.15) is 0 Å². The van der Waals surface area contributed by atoms with E-state index in [2.05, 4.69) is 16.8 Å². The largest absolute Gasteiger partial charge is 0.377 e. The molecule has 0 aliphatic carbocycles. The van der Waals surface area contributed by atoms with Gasteiger partial charge >= 0.3 is 0 Å². The molecule has 19 heavy (non-hydrogen) atoms. The van der Waals surface area contributed by atoms with Crippen LogP contribution in [0.2, 0.25) is 0 Å². The van der Waals surface area contributed by atoms with Crippen LogP contribution in [0.25, 0.3) is 0 Å². The fourth-order valence-corrected chi connectivity index (χ4v) is 4.49. The van der Waals surface area contributed by atoms with Gasteiger partial charge in [-0.1, -0.05) is 6.42 Å². The number of hydrogen-bond acceptors (Lipinski definition) is 4. The van der Waals surface area contributed by atoms with Crippen LogP contribution in [-0.2, 0) is 4.74 Å². The van der Waals surface area contributed by atoms with Gasteiger partial charge in [-0.2, -0.15) is 0 Å². The molecule has 3 atom stereocenters. The summed E-state index contributed by atoms with van der Waals surface area (Å²) in [6.07, 6.45) is 8.18. The Balaban J connectivity index is 1.70. The van der Waals surface area contributed by atoms with Crippen LogP contribution < -0.4 is 5.73 Å². The number of ether oxygens (including phenoxy) is 1. The van der Waals surface area contributed by atoms with E-state index in [1.807, 2.05) is 0 Å². The van der Waals surface area contributed by atoms with Gasteiger partial charge in [0.2, 0.25) is 0 Å². The zero-order chi connectivity index (χ0) is 13.3. The first-order chi connectivity index (χ1) is 9.26. The van der Waals surface area contributed by atoms with Crippen LogP contribution in [0.1, 0.15) is 38.5 Å². The highest BCUT2D eigenvalue weighted by Gasteiger charge is 2.49. The summed E-state index contributed by atoms with van der Waals surface area (Å²) in [7, 11) is 2.27. The molecule has 110 valence electrons. The summed E-state index contributed by atoms with van der Waals surface area (Å²) < 4.78 is 5.81. The van der Waals surface area contributed by atoms with Crippen molar-refractivity contribution in [2.24, 2.45) is 5.73 Å². The predicted octanol–water partition coefficient (Wildman–Crippen LogP) is 1.05. The average molecular weight is 267 g/mol. The lowest BCUT2D eigenvalue weighted by Crippen LogP contribution is -2.61. The van der Waals surface area contributed by atoms with E-state index in [0.29, 0.717) is 12.1 Å². The molecule has 0 aromatic heterocycles. The molecule has 3 unspecified atom stereocenters. The minimum absolute atomic E-state index is 0.201. The number of nitrogens with zero attached hydrogens (tertiary/aromatic N) is 2. The summed E-state index contributed by atoms with van der Waals surface area (Å²) in [5.41, 5.74) is 6.44. The molecule has 2 N–H and O–H groups in total. The summed E-state index contributed by atoms with van der Waals surface area (Å²) in [6.45, 7) is 5.31. The zero-order valence-electron chi connectivity index (χ0n) is 12.3. The summed E-state index contributed by atoms with van der Waals surface area (Å²) in [5, 5.41) is 0. The quantitative estimate of drug-likeness (QED) is 0.827. The highest BCUT2D eigenvalue weighted by Crippen LogP contribution is 2.38. The van der Waals surface area contributed by atoms with Gasteiger partial charge in [0, 0.05) is 37.8 Å². The van der Waals surface area contributed by atoms with Gasteiger partial charge in [0.25, 0.3) is 0 Å². The maximum absolute atomic E-state index is 6.24. The van der Waals surface area contributed by atoms with Gasteiger partial charge in [-0.25, -0.2) is 0 Å². The van der Waals surface area contributed by atoms with Crippen molar-refractivity contribution < 1.29 is 4.74 Å². The minimum Gasteiger partial charge on any atom is -0.377 e. The standard InChI is InChI=1S/C15H29N3O/c1-17(11-13-5-4-10-19-13)15(12-16)7-9-18-8-3-2-6-14(15)18/h13-14H,2-12,16H2,1H3. The second-order valence-electron chi connectivity index (χ2n) is 6.62. The van der Waals surface area contributed by atoms with Crippen molar-refractivity contribution in [1.82, 2.24) is 9.80 Å². The predicted molar refractivity (Wildman–Crippen MR) is 77.2 cm³/mol. The SMILES string of the molecule is CN(CC1CCCO1)C1(CN)CCN2CCCCC21. The Labute approximate surface area is 117 Å². The third-order valence-electron chi connectivity index (χ3n) is 5.68. The van der Waals surface area contributed by atoms with E-state index < -0.39 is 0 Å². The lowest BCUT2D eigenvalue weighted by Gasteiger charge is -2.46. The summed E-state index contributed by atoms with van der Waals surface area (Å²) in [6, 6.07) is 0.678. The first-order valence-corrected chi connectivity index (χ1v) is 8.03. The molecule has 0 radical (unpaired) electrons. The van der Waals surface area contributed by atoms with Crippen LogP contribution in [0, 0.1) is 0 Å². The molecule has 0 bridgehead atoms. The molecule has 0 saturated carbocycles. The minimum atomic E-state index is 0.201. The number of piperidine rings is 1. The molecule has 3 rings (SSSR count). The molecule has 4 nitrogen and oxygen atoms in total. The molecule has 0 aromatic rings. The fraction of sp³-hybridized carbons (Fsp3) is 1.00. The van der Waals surface area contributed by atoms with E-state index in [1.54, 1.807) is 0 Å². The Hall–Kier alpha value is -0.160. The topological polar surface area (TPSA) is 41.7 Å². The van der Waals surface area contributed by atoms with Gasteiger partial charge in [0.15, 0.2) is 0 Å². The van der Waals surface area contributed by atoms with E-state index in [-0.39, 0.29) is 5.54 Å². The molecule has 4 heteroatoms. The van der Waals surface area contributed by atoms with Gasteiger partial charge in [-0.05, 0) is 45.7 Å². The lowest BCUT2D eigenvalue weighted by atomic mass is 9.84. The molecule has 0 aromatic carbocycles. The molecule has 3 aliphatic rings. The molecule has 0 amide bonds. The molecular formula is C15H29N3O. The van der Waals surface area contributed by atoms with Crippen LogP contribution >= 0.6 is 0 Å². The third kappa shape index (κ3) is 2.44. The van der Waals surface area contributed by atoms with Crippen molar-refractivity contribution in [2.75, 3.05) is 39.8 Å². The maximum Gasteiger partial charge on any atom is 0.0702 e. The maximum atomic E-state index is 6.24. The summed E-state index contributed by atoms with van der Waals surface area (Å²) in [5.74, 6) is 0. The highest BCUT2D eigenvalue weighted by atomic mass is 16.5. The first kappa shape index (κ1) is 13.8. The van der Waals surface area contributed by atoms with Crippen molar-refractivity contribution >= 4 is 0 Å². The lowest BCUT2D eigenvalue weighted by molar-refractivity contribution is 0.0118. The van der Waals surface area contributed by atoms with Crippen LogP contribution in [0.5, 0.6) is 0 Å². The Kier molecular flexibility index (Phi) is 4.13. The number of nitrogens with two attached hydrogens (primary N) is 1. The normalized spacial score (nSPS) is 39.9. The Morgan fingerprint density at radius 3 is 2.89 bits per heavy atom. The summed E-state index contributed by atoms with van der Waals surface area (Å²) in [4.78, 5) is 5.22. The van der Waals surface area contributed by atoms with Crippen LogP contribution in [0.3, 0.4) is 0 Å². The number of rotatable bonds is 4. The molecule has 3 fully saturated rings. The van der Waals surface area contributed by atoms with Crippen molar-refractivity contribution in [3.05, 3.63) is 0 Å². The Morgan fingerprint density at radius 2 is 2.16 bits per heavy atom. The Morgan fingerprint density at radius 1 is 1.26 bits per heavy atom. The summed E-state index contributed by atoms with van der Waals surface area (Å²) >= 11 is 0. The average Bonchev–Trinajstić information content (AvgIpc) is 3.06. The molecule has 3 aliphatic heterocycles. The van der Waals surface area contributed by atoms with Crippen LogP contribution in [-0.4, -0.2) is 67.3 Å². The monoisotopic (exact) mass is 267 g/mol. The van der Waals surface area contributed by atoms with E-state index in [1.165, 1.54) is 51.6 Å². The van der Waals surface area contributed by atoms with Gasteiger partial charge < -0.3 is 10.5 Å². The van der Waals surface area contributed by atoms with Gasteiger partial charge in [-0.3, -0.25) is 9.80 Å². The van der Waals surface area contributed by atoms with E-state index >= 15 is 0 Å². The molecule has 0 spiro atoms. The van der Waals surface area contributed by atoms with Gasteiger partial charge in [-0.15, -0.1) is 0 Å². The number of hydrogen-bond donors (Lipinski definition) is 1. The number of fused-ring (bicyclic) bond motifs is 1. The second-order valence-corrected chi connectivity index (χ2v) is 6.62. The van der Waals surface area contributed by atoms with Gasteiger partial charge in [0.05, 0.1) is 6.10 Å². The van der Waals surface area contributed by atoms with E-state index in [4.69, 9.17) is 10.5 Å². The van der Waals surface area contributed by atoms with E-state index in [0.717, 1.165) is 19.7 Å². The third-order valence-corrected chi connectivity index (χ3v) is 5.68. The number of likely N-dealkylation sites (N-methyl/N-ethyl adjacent to an activating group) is 1. The molecular weight excluding hydrogens is 238 g/mol. The van der Waals surface area contributed by atoms with Crippen molar-refractivity contribution in [3.8, 4) is 0 Å².